The maximum atomic E-state index is 13.8. The van der Waals surface area contributed by atoms with Crippen LogP contribution in [0.2, 0.25) is 0 Å². The van der Waals surface area contributed by atoms with E-state index in [1.807, 2.05) is 61.2 Å². The van der Waals surface area contributed by atoms with Crippen molar-refractivity contribution in [3.63, 3.8) is 0 Å². The lowest BCUT2D eigenvalue weighted by atomic mass is 9.80. The number of carbonyl (C=O) groups excluding carboxylic acids is 2. The van der Waals surface area contributed by atoms with Crippen LogP contribution in [0.1, 0.15) is 72.0 Å². The quantitative estimate of drug-likeness (QED) is 0.207. The predicted octanol–water partition coefficient (Wildman–Crippen LogP) is 6.18. The number of rotatable bonds is 8. The lowest BCUT2D eigenvalue weighted by Gasteiger charge is -2.25. The molecule has 11 nitrogen and oxygen atoms in total. The van der Waals surface area contributed by atoms with Gasteiger partial charge in [-0.3, -0.25) is 19.0 Å². The van der Waals surface area contributed by atoms with E-state index in [2.05, 4.69) is 20.2 Å². The van der Waals surface area contributed by atoms with Crippen LogP contribution < -0.4 is 14.9 Å². The highest BCUT2D eigenvalue weighted by Gasteiger charge is 2.47. The van der Waals surface area contributed by atoms with Gasteiger partial charge in [0.15, 0.2) is 0 Å². The molecule has 2 aromatic heterocycles. The van der Waals surface area contributed by atoms with Gasteiger partial charge in [-0.05, 0) is 92.9 Å². The Morgan fingerprint density at radius 1 is 0.872 bits per heavy atom. The van der Waals surface area contributed by atoms with Gasteiger partial charge in [0.2, 0.25) is 0 Å². The van der Waals surface area contributed by atoms with Crippen LogP contribution in [0.3, 0.4) is 0 Å². The second-order valence-corrected chi connectivity index (χ2v) is 14.1. The van der Waals surface area contributed by atoms with Crippen molar-refractivity contribution in [2.75, 3.05) is 21.5 Å². The second kappa shape index (κ2) is 11.8. The lowest BCUT2D eigenvalue weighted by Crippen LogP contribution is -2.36. The van der Waals surface area contributed by atoms with Crippen LogP contribution in [0.25, 0.3) is 5.69 Å². The van der Waals surface area contributed by atoms with E-state index in [4.69, 9.17) is 0 Å². The Kier molecular flexibility index (Phi) is 7.67. The second-order valence-electron chi connectivity index (χ2n) is 12.4. The van der Waals surface area contributed by atoms with Gasteiger partial charge in [-0.15, -0.1) is 0 Å². The molecule has 3 heterocycles. The molecule has 2 amide bonds. The fourth-order valence-electron chi connectivity index (χ4n) is 6.78. The minimum atomic E-state index is -3.93. The smallest absolute Gasteiger partial charge is 0.276 e. The lowest BCUT2D eigenvalue weighted by molar-refractivity contribution is 0.0971. The molecule has 2 aliphatic rings. The Morgan fingerprint density at radius 3 is 2.32 bits per heavy atom. The minimum absolute atomic E-state index is 0.0422. The number of anilines is 3. The summed E-state index contributed by atoms with van der Waals surface area (Å²) in [5.74, 6) is -0.104. The average molecular weight is 650 g/mol. The van der Waals surface area contributed by atoms with Crippen LogP contribution in [-0.4, -0.2) is 46.3 Å². The normalized spacial score (nSPS) is 15.3. The van der Waals surface area contributed by atoms with E-state index in [1.165, 1.54) is 23.0 Å². The van der Waals surface area contributed by atoms with Crippen molar-refractivity contribution in [2.24, 2.45) is 0 Å². The van der Waals surface area contributed by atoms with Crippen LogP contribution in [0.15, 0.2) is 102 Å². The van der Waals surface area contributed by atoms with Gasteiger partial charge in [0.05, 0.1) is 16.8 Å². The van der Waals surface area contributed by atoms with Crippen molar-refractivity contribution in [3.05, 3.63) is 114 Å². The van der Waals surface area contributed by atoms with E-state index in [0.29, 0.717) is 29.3 Å². The van der Waals surface area contributed by atoms with Crippen LogP contribution in [0, 0.1) is 0 Å². The fourth-order valence-corrected chi connectivity index (χ4v) is 7.82. The molecular formula is C35H35N7O4S. The Bertz CT molecular complexity index is 2060. The summed E-state index contributed by atoms with van der Waals surface area (Å²) in [7, 11) is -3.93. The number of hydrogen-bond donors (Lipinski definition) is 2. The molecule has 0 saturated heterocycles. The molecule has 0 atom stereocenters. The highest BCUT2D eigenvalue weighted by Crippen LogP contribution is 2.51. The maximum Gasteiger partial charge on any atom is 0.276 e. The third kappa shape index (κ3) is 5.58. The SMILES string of the molecule is CC(C)n1nccc1C(=O)N1CC2(CCCC2)c2cc(C(=O)Nc3ccc(S(=O)(=O)Nc4ccnn4-c4ccccc4)cc3)ccc21. The van der Waals surface area contributed by atoms with Gasteiger partial charge in [-0.1, -0.05) is 31.0 Å². The number of benzene rings is 3. The molecule has 47 heavy (non-hydrogen) atoms. The van der Waals surface area contributed by atoms with Crippen molar-refractivity contribution < 1.29 is 18.0 Å². The Balaban J connectivity index is 1.09. The van der Waals surface area contributed by atoms with E-state index < -0.39 is 10.0 Å². The number of carbonyl (C=O) groups is 2. The van der Waals surface area contributed by atoms with Crippen molar-refractivity contribution in [2.45, 2.75) is 55.9 Å². The number of nitrogens with one attached hydrogen (secondary N) is 2. The number of para-hydroxylation sites is 1. The number of fused-ring (bicyclic) bond motifs is 2. The number of hydrogen-bond acceptors (Lipinski definition) is 6. The largest absolute Gasteiger partial charge is 0.322 e. The zero-order chi connectivity index (χ0) is 32.8. The van der Waals surface area contributed by atoms with Crippen LogP contribution in [0.5, 0.6) is 0 Å². The van der Waals surface area contributed by atoms with E-state index >= 15 is 0 Å². The van der Waals surface area contributed by atoms with Crippen LogP contribution >= 0.6 is 0 Å². The van der Waals surface area contributed by atoms with Crippen molar-refractivity contribution in [1.82, 2.24) is 19.6 Å². The average Bonchev–Trinajstić information content (AvgIpc) is 3.89. The summed E-state index contributed by atoms with van der Waals surface area (Å²) >= 11 is 0. The summed E-state index contributed by atoms with van der Waals surface area (Å²) in [6.07, 6.45) is 7.22. The first-order valence-electron chi connectivity index (χ1n) is 15.7. The first kappa shape index (κ1) is 30.4. The monoisotopic (exact) mass is 649 g/mol. The summed E-state index contributed by atoms with van der Waals surface area (Å²) in [4.78, 5) is 29.1. The molecule has 5 aromatic rings. The summed E-state index contributed by atoms with van der Waals surface area (Å²) in [6, 6.07) is 24.2. The molecule has 1 saturated carbocycles. The molecular weight excluding hydrogens is 614 g/mol. The molecule has 240 valence electrons. The number of nitrogens with zero attached hydrogens (tertiary/aromatic N) is 5. The molecule has 12 heteroatoms. The molecule has 0 radical (unpaired) electrons. The van der Waals surface area contributed by atoms with Gasteiger partial charge in [0, 0.05) is 47.2 Å². The summed E-state index contributed by atoms with van der Waals surface area (Å²) < 4.78 is 32.2. The van der Waals surface area contributed by atoms with Crippen molar-refractivity contribution in [3.8, 4) is 5.69 Å². The Morgan fingerprint density at radius 2 is 1.60 bits per heavy atom. The molecule has 1 aliphatic heterocycles. The third-order valence-electron chi connectivity index (χ3n) is 9.07. The highest BCUT2D eigenvalue weighted by molar-refractivity contribution is 7.92. The van der Waals surface area contributed by atoms with E-state index in [0.717, 1.165) is 42.6 Å². The zero-order valence-electron chi connectivity index (χ0n) is 26.1. The highest BCUT2D eigenvalue weighted by atomic mass is 32.2. The molecule has 2 N–H and O–H groups in total. The molecule has 1 aliphatic carbocycles. The molecule has 1 spiro atoms. The summed E-state index contributed by atoms with van der Waals surface area (Å²) in [6.45, 7) is 4.57. The van der Waals surface area contributed by atoms with Crippen molar-refractivity contribution >= 4 is 39.0 Å². The molecule has 3 aromatic carbocycles. The van der Waals surface area contributed by atoms with Gasteiger partial charge in [-0.2, -0.15) is 10.2 Å². The number of amides is 2. The van der Waals surface area contributed by atoms with E-state index in [1.54, 1.807) is 41.2 Å². The molecule has 0 bridgehead atoms. The molecule has 1 fully saturated rings. The van der Waals surface area contributed by atoms with Gasteiger partial charge in [0.25, 0.3) is 21.8 Å². The van der Waals surface area contributed by atoms with Gasteiger partial charge >= 0.3 is 0 Å². The first-order valence-corrected chi connectivity index (χ1v) is 17.2. The Labute approximate surface area is 273 Å². The van der Waals surface area contributed by atoms with Gasteiger partial charge < -0.3 is 10.2 Å². The maximum absolute atomic E-state index is 13.8. The summed E-state index contributed by atoms with van der Waals surface area (Å²) in [5, 5.41) is 11.5. The van der Waals surface area contributed by atoms with E-state index in [9.17, 15) is 18.0 Å². The van der Waals surface area contributed by atoms with Crippen LogP contribution in [0.4, 0.5) is 17.2 Å². The minimum Gasteiger partial charge on any atom is -0.322 e. The van der Waals surface area contributed by atoms with Gasteiger partial charge in [-0.25, -0.2) is 13.1 Å². The Hall–Kier alpha value is -5.23. The fraction of sp³-hybridized carbons (Fsp3) is 0.257. The third-order valence-corrected chi connectivity index (χ3v) is 10.4. The zero-order valence-corrected chi connectivity index (χ0v) is 26.9. The van der Waals surface area contributed by atoms with E-state index in [-0.39, 0.29) is 28.2 Å². The molecule has 7 rings (SSSR count). The predicted molar refractivity (Wildman–Crippen MR) is 180 cm³/mol. The summed E-state index contributed by atoms with van der Waals surface area (Å²) in [5.41, 5.74) is 3.86. The van der Waals surface area contributed by atoms with Crippen LogP contribution in [-0.2, 0) is 15.4 Å². The number of sulfonamides is 1. The first-order chi connectivity index (χ1) is 22.6. The van der Waals surface area contributed by atoms with Crippen molar-refractivity contribution in [1.29, 1.82) is 0 Å². The standard InChI is InChI=1S/C35H35N7O4S/c1-24(2)41-31(16-20-36-41)34(44)40-23-35(18-6-7-19-35)29-22-25(10-15-30(29)40)33(43)38-26-11-13-28(14-12-26)47(45,46)39-32-17-21-37-42(32)27-8-4-3-5-9-27/h3-5,8-17,20-22,24,39H,6-7,18-19,23H2,1-2H3,(H,38,43). The van der Waals surface area contributed by atoms with Gasteiger partial charge in [0.1, 0.15) is 11.5 Å². The topological polar surface area (TPSA) is 131 Å². The number of aromatic nitrogens is 4. The molecule has 0 unspecified atom stereocenters.